The zero-order valence-electron chi connectivity index (χ0n) is 12.8. The Balaban J connectivity index is 2.11. The van der Waals surface area contributed by atoms with E-state index in [0.717, 1.165) is 5.69 Å². The molecule has 0 spiro atoms. The maximum absolute atomic E-state index is 11.9. The average molecular weight is 296 g/mol. The van der Waals surface area contributed by atoms with Crippen molar-refractivity contribution in [3.8, 4) is 0 Å². The first-order valence-corrected chi connectivity index (χ1v) is 8.47. The van der Waals surface area contributed by atoms with Gasteiger partial charge in [-0.25, -0.2) is 13.1 Å². The summed E-state index contributed by atoms with van der Waals surface area (Å²) in [5.41, 5.74) is 1.47. The lowest BCUT2D eigenvalue weighted by molar-refractivity contribution is 0.457. The van der Waals surface area contributed by atoms with Crippen LogP contribution in [0.2, 0.25) is 0 Å². The van der Waals surface area contributed by atoms with Crippen LogP contribution >= 0.6 is 0 Å². The Morgan fingerprint density at radius 2 is 1.55 bits per heavy atom. The Morgan fingerprint density at radius 3 is 1.95 bits per heavy atom. The van der Waals surface area contributed by atoms with E-state index >= 15 is 0 Å². The second-order valence-electron chi connectivity index (χ2n) is 6.55. The first-order chi connectivity index (χ1) is 9.13. The molecule has 2 N–H and O–H groups in total. The fourth-order valence-corrected chi connectivity index (χ4v) is 3.77. The van der Waals surface area contributed by atoms with E-state index in [1.165, 1.54) is 0 Å². The quantitative estimate of drug-likeness (QED) is 0.878. The Bertz CT molecular complexity index is 575. The highest BCUT2D eigenvalue weighted by Crippen LogP contribution is 2.63. The van der Waals surface area contributed by atoms with Gasteiger partial charge in [0.2, 0.25) is 10.0 Å². The van der Waals surface area contributed by atoms with Crippen LogP contribution in [0.1, 0.15) is 34.6 Å². The van der Waals surface area contributed by atoms with Gasteiger partial charge >= 0.3 is 0 Å². The summed E-state index contributed by atoms with van der Waals surface area (Å²) in [5, 5.41) is 3.49. The van der Waals surface area contributed by atoms with Crippen molar-refractivity contribution in [3.63, 3.8) is 0 Å². The summed E-state index contributed by atoms with van der Waals surface area (Å²) in [4.78, 5) is 0.305. The van der Waals surface area contributed by atoms with E-state index in [1.807, 2.05) is 12.1 Å². The van der Waals surface area contributed by atoms with Crippen molar-refractivity contribution < 1.29 is 8.42 Å². The van der Waals surface area contributed by atoms with Gasteiger partial charge in [-0.2, -0.15) is 0 Å². The number of hydrogen-bond donors (Lipinski definition) is 2. The molecule has 112 valence electrons. The Hall–Kier alpha value is -1.07. The van der Waals surface area contributed by atoms with Crippen molar-refractivity contribution in [1.29, 1.82) is 0 Å². The minimum atomic E-state index is -3.36. The molecule has 0 saturated heterocycles. The van der Waals surface area contributed by atoms with Crippen LogP contribution in [-0.4, -0.2) is 21.0 Å². The van der Waals surface area contributed by atoms with Crippen LogP contribution in [0.4, 0.5) is 5.69 Å². The number of nitrogens with one attached hydrogen (secondary N) is 2. The van der Waals surface area contributed by atoms with Crippen LogP contribution in [0.15, 0.2) is 29.2 Å². The van der Waals surface area contributed by atoms with Crippen molar-refractivity contribution in [2.45, 2.75) is 45.6 Å². The Morgan fingerprint density at radius 1 is 1.05 bits per heavy atom. The number of sulfonamides is 1. The summed E-state index contributed by atoms with van der Waals surface area (Å²) in [7, 11) is -3.36. The van der Waals surface area contributed by atoms with E-state index in [4.69, 9.17) is 0 Å². The molecular weight excluding hydrogens is 272 g/mol. The summed E-state index contributed by atoms with van der Waals surface area (Å²) in [6.07, 6.45) is 0. The van der Waals surface area contributed by atoms with Gasteiger partial charge in [-0.3, -0.25) is 0 Å². The van der Waals surface area contributed by atoms with Crippen molar-refractivity contribution in [2.24, 2.45) is 10.8 Å². The van der Waals surface area contributed by atoms with E-state index in [1.54, 1.807) is 19.1 Å². The lowest BCUT2D eigenvalue weighted by atomic mass is 10.0. The lowest BCUT2D eigenvalue weighted by Gasteiger charge is -2.10. The van der Waals surface area contributed by atoms with Gasteiger partial charge in [0.15, 0.2) is 0 Å². The van der Waals surface area contributed by atoms with E-state index in [-0.39, 0.29) is 10.8 Å². The minimum absolute atomic E-state index is 0.252. The van der Waals surface area contributed by atoms with Crippen LogP contribution < -0.4 is 10.0 Å². The van der Waals surface area contributed by atoms with Crippen LogP contribution in [0.25, 0.3) is 0 Å². The third-order valence-corrected chi connectivity index (χ3v) is 6.39. The second kappa shape index (κ2) is 4.74. The number of anilines is 1. The van der Waals surface area contributed by atoms with Gasteiger partial charge < -0.3 is 5.32 Å². The van der Waals surface area contributed by atoms with E-state index in [9.17, 15) is 8.42 Å². The standard InChI is InChI=1S/C15H24N2O2S/c1-6-16-20(18,19)12-9-7-11(8-10-12)17-13-14(2,3)15(13,4)5/h7-10,13,16-17H,6H2,1-5H3. The Labute approximate surface area is 122 Å². The van der Waals surface area contributed by atoms with Crippen LogP contribution in [-0.2, 0) is 10.0 Å². The molecule has 0 aromatic heterocycles. The highest BCUT2D eigenvalue weighted by molar-refractivity contribution is 7.89. The van der Waals surface area contributed by atoms with Gasteiger partial charge in [-0.05, 0) is 35.1 Å². The third-order valence-electron chi connectivity index (χ3n) is 4.83. The molecule has 0 heterocycles. The molecule has 1 aromatic rings. The molecule has 1 aromatic carbocycles. The highest BCUT2D eigenvalue weighted by atomic mass is 32.2. The minimum Gasteiger partial charge on any atom is -0.381 e. The molecule has 0 radical (unpaired) electrons. The number of benzene rings is 1. The molecule has 1 saturated carbocycles. The molecule has 1 aliphatic rings. The monoisotopic (exact) mass is 296 g/mol. The van der Waals surface area contributed by atoms with E-state index in [0.29, 0.717) is 17.5 Å². The van der Waals surface area contributed by atoms with Gasteiger partial charge in [-0.1, -0.05) is 34.6 Å². The fraction of sp³-hybridized carbons (Fsp3) is 0.600. The molecule has 1 fully saturated rings. The van der Waals surface area contributed by atoms with Gasteiger partial charge in [0, 0.05) is 18.3 Å². The van der Waals surface area contributed by atoms with Crippen molar-refractivity contribution >= 4 is 15.7 Å². The molecule has 0 bridgehead atoms. The molecule has 0 amide bonds. The second-order valence-corrected chi connectivity index (χ2v) is 8.31. The lowest BCUT2D eigenvalue weighted by Crippen LogP contribution is -2.23. The van der Waals surface area contributed by atoms with Gasteiger partial charge in [0.1, 0.15) is 0 Å². The average Bonchev–Trinajstić information content (AvgIpc) is 2.72. The summed E-state index contributed by atoms with van der Waals surface area (Å²) in [6.45, 7) is 11.1. The molecule has 4 nitrogen and oxygen atoms in total. The molecule has 0 unspecified atom stereocenters. The maximum atomic E-state index is 11.9. The smallest absolute Gasteiger partial charge is 0.240 e. The summed E-state index contributed by atoms with van der Waals surface area (Å²) >= 11 is 0. The molecule has 0 atom stereocenters. The SMILES string of the molecule is CCNS(=O)(=O)c1ccc(NC2C(C)(C)C2(C)C)cc1. The van der Waals surface area contributed by atoms with Crippen LogP contribution in [0.3, 0.4) is 0 Å². The summed E-state index contributed by atoms with van der Waals surface area (Å²) in [6, 6.07) is 7.35. The van der Waals surface area contributed by atoms with Crippen molar-refractivity contribution in [2.75, 3.05) is 11.9 Å². The molecule has 5 heteroatoms. The maximum Gasteiger partial charge on any atom is 0.240 e. The molecule has 20 heavy (non-hydrogen) atoms. The van der Waals surface area contributed by atoms with Crippen molar-refractivity contribution in [3.05, 3.63) is 24.3 Å². The van der Waals surface area contributed by atoms with Gasteiger partial charge in [0.05, 0.1) is 4.90 Å². The van der Waals surface area contributed by atoms with Gasteiger partial charge in [0.25, 0.3) is 0 Å². The predicted octanol–water partition coefficient (Wildman–Crippen LogP) is 2.83. The molecule has 0 aliphatic heterocycles. The summed E-state index contributed by atoms with van der Waals surface area (Å²) < 4.78 is 26.2. The summed E-state index contributed by atoms with van der Waals surface area (Å²) in [5.74, 6) is 0. The third kappa shape index (κ3) is 2.44. The topological polar surface area (TPSA) is 58.2 Å². The fourth-order valence-electron chi connectivity index (χ4n) is 2.73. The molecule has 2 rings (SSSR count). The van der Waals surface area contributed by atoms with E-state index < -0.39 is 10.0 Å². The van der Waals surface area contributed by atoms with E-state index in [2.05, 4.69) is 37.7 Å². The normalized spacial score (nSPS) is 20.6. The van der Waals surface area contributed by atoms with Crippen LogP contribution in [0.5, 0.6) is 0 Å². The first-order valence-electron chi connectivity index (χ1n) is 6.99. The zero-order valence-corrected chi connectivity index (χ0v) is 13.6. The zero-order chi connectivity index (χ0) is 15.2. The van der Waals surface area contributed by atoms with Crippen molar-refractivity contribution in [1.82, 2.24) is 4.72 Å². The Kier molecular flexibility index (Phi) is 3.63. The molecule has 1 aliphatic carbocycles. The van der Waals surface area contributed by atoms with Crippen LogP contribution in [0, 0.1) is 10.8 Å². The highest BCUT2D eigenvalue weighted by Gasteiger charge is 2.64. The molecular formula is C15H24N2O2S. The first kappa shape index (κ1) is 15.3. The number of rotatable bonds is 5. The number of hydrogen-bond acceptors (Lipinski definition) is 3. The predicted molar refractivity (Wildman–Crippen MR) is 82.3 cm³/mol. The van der Waals surface area contributed by atoms with Gasteiger partial charge in [-0.15, -0.1) is 0 Å². The largest absolute Gasteiger partial charge is 0.381 e.